The molecule has 1 aliphatic carbocycles. The molecular formula is C25H32FN3O3S. The molecule has 1 aliphatic heterocycles. The van der Waals surface area contributed by atoms with Crippen LogP contribution in [0.4, 0.5) is 10.1 Å². The van der Waals surface area contributed by atoms with Gasteiger partial charge in [-0.05, 0) is 86.8 Å². The van der Waals surface area contributed by atoms with E-state index in [0.29, 0.717) is 31.7 Å². The Morgan fingerprint density at radius 1 is 1.15 bits per heavy atom. The number of nitrogens with one attached hydrogen (secondary N) is 2. The fraction of sp³-hybridized carbons (Fsp3) is 0.480. The molecule has 0 bridgehead atoms. The van der Waals surface area contributed by atoms with Crippen molar-refractivity contribution in [2.45, 2.75) is 75.3 Å². The highest BCUT2D eigenvalue weighted by molar-refractivity contribution is 7.89. The summed E-state index contributed by atoms with van der Waals surface area (Å²) >= 11 is 0. The van der Waals surface area contributed by atoms with Gasteiger partial charge in [-0.25, -0.2) is 17.5 Å². The monoisotopic (exact) mass is 473 g/mol. The lowest BCUT2D eigenvalue weighted by molar-refractivity contribution is -0.131. The minimum atomic E-state index is -3.69. The molecule has 8 heteroatoms. The minimum Gasteiger partial charge on any atom is -0.382 e. The summed E-state index contributed by atoms with van der Waals surface area (Å²) in [4.78, 5) is 12.8. The van der Waals surface area contributed by atoms with Gasteiger partial charge < -0.3 is 11.1 Å². The van der Waals surface area contributed by atoms with Crippen LogP contribution in [0.25, 0.3) is 0 Å². The second kappa shape index (κ2) is 9.06. The summed E-state index contributed by atoms with van der Waals surface area (Å²) in [6.07, 6.45) is 3.91. The van der Waals surface area contributed by atoms with Gasteiger partial charge in [-0.15, -0.1) is 0 Å². The highest BCUT2D eigenvalue weighted by atomic mass is 32.2. The lowest BCUT2D eigenvalue weighted by atomic mass is 9.63. The second-order valence-electron chi connectivity index (χ2n) is 9.59. The molecule has 33 heavy (non-hydrogen) atoms. The summed E-state index contributed by atoms with van der Waals surface area (Å²) in [5.41, 5.74) is 7.92. The van der Waals surface area contributed by atoms with Crippen molar-refractivity contribution in [2.75, 3.05) is 5.32 Å². The lowest BCUT2D eigenvalue weighted by Gasteiger charge is -2.42. The Morgan fingerprint density at radius 2 is 1.82 bits per heavy atom. The van der Waals surface area contributed by atoms with E-state index in [4.69, 9.17) is 5.73 Å². The summed E-state index contributed by atoms with van der Waals surface area (Å²) in [6, 6.07) is 11.4. The molecule has 2 atom stereocenters. The zero-order valence-electron chi connectivity index (χ0n) is 19.1. The lowest BCUT2D eigenvalue weighted by Crippen LogP contribution is -2.48. The number of halogens is 1. The number of carbonyl (C=O) groups excluding carboxylic acids is 1. The average molecular weight is 474 g/mol. The first-order valence-corrected chi connectivity index (χ1v) is 13.1. The number of hydrogen-bond acceptors (Lipinski definition) is 4. The second-order valence-corrected chi connectivity index (χ2v) is 11.3. The van der Waals surface area contributed by atoms with Gasteiger partial charge in [0.2, 0.25) is 15.9 Å². The molecule has 1 unspecified atom stereocenters. The fourth-order valence-electron chi connectivity index (χ4n) is 5.29. The molecule has 1 heterocycles. The van der Waals surface area contributed by atoms with Gasteiger partial charge in [0, 0.05) is 17.8 Å². The third-order valence-corrected chi connectivity index (χ3v) is 9.05. The van der Waals surface area contributed by atoms with Crippen molar-refractivity contribution in [2.24, 2.45) is 11.1 Å². The third-order valence-electron chi connectivity index (χ3n) is 7.53. The van der Waals surface area contributed by atoms with Crippen molar-refractivity contribution < 1.29 is 17.6 Å². The van der Waals surface area contributed by atoms with E-state index < -0.39 is 21.3 Å². The van der Waals surface area contributed by atoms with Crippen LogP contribution in [0, 0.1) is 11.2 Å². The van der Waals surface area contributed by atoms with Crippen LogP contribution in [0.1, 0.15) is 63.0 Å². The molecule has 4 rings (SSSR count). The van der Waals surface area contributed by atoms with Crippen molar-refractivity contribution in [3.05, 3.63) is 59.4 Å². The predicted octanol–water partition coefficient (Wildman–Crippen LogP) is 4.07. The Bertz CT molecular complexity index is 1130. The summed E-state index contributed by atoms with van der Waals surface area (Å²) in [5.74, 6) is -0.915. The minimum absolute atomic E-state index is 0.193. The van der Waals surface area contributed by atoms with Crippen LogP contribution < -0.4 is 15.8 Å². The largest absolute Gasteiger partial charge is 0.382 e. The topological polar surface area (TPSA) is 101 Å². The van der Waals surface area contributed by atoms with Gasteiger partial charge in [0.05, 0.1) is 10.3 Å². The molecule has 6 nitrogen and oxygen atoms in total. The van der Waals surface area contributed by atoms with Gasteiger partial charge in [0.15, 0.2) is 0 Å². The molecule has 0 radical (unpaired) electrons. The summed E-state index contributed by atoms with van der Waals surface area (Å²) < 4.78 is 42.4. The number of anilines is 1. The molecule has 0 spiro atoms. The molecule has 2 aliphatic rings. The van der Waals surface area contributed by atoms with E-state index in [2.05, 4.69) is 17.0 Å². The van der Waals surface area contributed by atoms with E-state index in [0.717, 1.165) is 29.7 Å². The molecule has 1 amide bonds. The zero-order valence-corrected chi connectivity index (χ0v) is 19.9. The summed E-state index contributed by atoms with van der Waals surface area (Å²) in [5, 5.41) is 3.36. The molecule has 2 aromatic rings. The van der Waals surface area contributed by atoms with Gasteiger partial charge in [-0.2, -0.15) is 0 Å². The fourth-order valence-corrected chi connectivity index (χ4v) is 6.62. The van der Waals surface area contributed by atoms with Crippen molar-refractivity contribution in [3.63, 3.8) is 0 Å². The number of carbonyl (C=O) groups is 1. The molecule has 2 aromatic carbocycles. The molecular weight excluding hydrogens is 441 g/mol. The van der Waals surface area contributed by atoms with Crippen molar-refractivity contribution >= 4 is 21.6 Å². The number of rotatable bonds is 6. The Hall–Kier alpha value is -2.45. The number of hydrogen-bond donors (Lipinski definition) is 3. The molecule has 178 valence electrons. The number of amides is 1. The van der Waals surface area contributed by atoms with Gasteiger partial charge >= 0.3 is 0 Å². The molecule has 0 saturated heterocycles. The molecule has 1 saturated carbocycles. The Morgan fingerprint density at radius 3 is 2.45 bits per heavy atom. The summed E-state index contributed by atoms with van der Waals surface area (Å²) in [7, 11) is -3.69. The number of nitrogens with two attached hydrogens (primary N) is 1. The quantitative estimate of drug-likeness (QED) is 0.589. The van der Waals surface area contributed by atoms with Crippen LogP contribution in [-0.2, 0) is 21.2 Å². The maximum atomic E-state index is 13.3. The normalized spacial score (nSPS) is 26.2. The van der Waals surface area contributed by atoms with E-state index in [1.54, 1.807) is 24.3 Å². The number of fused-ring (bicyclic) bond motifs is 1. The molecule has 0 aromatic heterocycles. The van der Waals surface area contributed by atoms with Gasteiger partial charge in [0.1, 0.15) is 5.82 Å². The Balaban J connectivity index is 1.47. The zero-order chi connectivity index (χ0) is 23.8. The van der Waals surface area contributed by atoms with Crippen LogP contribution in [0.15, 0.2) is 47.4 Å². The summed E-state index contributed by atoms with van der Waals surface area (Å²) in [6.45, 7) is 4.02. The van der Waals surface area contributed by atoms with Crippen molar-refractivity contribution in [1.82, 2.24) is 4.72 Å². The van der Waals surface area contributed by atoms with E-state index in [1.807, 2.05) is 13.0 Å². The van der Waals surface area contributed by atoms with E-state index >= 15 is 0 Å². The van der Waals surface area contributed by atoms with Crippen molar-refractivity contribution in [3.8, 4) is 0 Å². The van der Waals surface area contributed by atoms with Gasteiger partial charge in [-0.1, -0.05) is 25.1 Å². The van der Waals surface area contributed by atoms with Crippen LogP contribution >= 0.6 is 0 Å². The van der Waals surface area contributed by atoms with Crippen molar-refractivity contribution in [1.29, 1.82) is 0 Å². The van der Waals surface area contributed by atoms with Gasteiger partial charge in [-0.3, -0.25) is 4.79 Å². The van der Waals surface area contributed by atoms with Crippen LogP contribution in [0.3, 0.4) is 0 Å². The Kier molecular flexibility index (Phi) is 6.51. The molecule has 1 fully saturated rings. The maximum absolute atomic E-state index is 13.3. The van der Waals surface area contributed by atoms with E-state index in [-0.39, 0.29) is 22.7 Å². The van der Waals surface area contributed by atoms with Crippen LogP contribution in [-0.4, -0.2) is 26.4 Å². The highest BCUT2D eigenvalue weighted by Gasteiger charge is 2.45. The first kappa shape index (κ1) is 23.7. The number of benzene rings is 2. The number of primary amides is 1. The van der Waals surface area contributed by atoms with E-state index in [1.165, 1.54) is 12.1 Å². The maximum Gasteiger partial charge on any atom is 0.240 e. The third kappa shape index (κ3) is 4.77. The smallest absolute Gasteiger partial charge is 0.240 e. The first-order chi connectivity index (χ1) is 15.6. The highest BCUT2D eigenvalue weighted by Crippen LogP contribution is 2.47. The average Bonchev–Trinajstić information content (AvgIpc) is 2.79. The molecule has 4 N–H and O–H groups in total. The van der Waals surface area contributed by atoms with Crippen LogP contribution in [0.5, 0.6) is 0 Å². The van der Waals surface area contributed by atoms with E-state index in [9.17, 15) is 17.6 Å². The number of sulfonamides is 1. The Labute approximate surface area is 195 Å². The number of aryl methyl sites for hydroxylation is 1. The predicted molar refractivity (Wildman–Crippen MR) is 127 cm³/mol. The SMILES string of the molecule is CC1CCc2ccc(S(=O)(=O)NC3CCC(C(N)=O)([C@H](C)c4ccc(F)cc4)CC3)cc2N1. The standard InChI is InChI=1S/C25H32FN3O3S/c1-16-3-4-19-7-10-22(15-23(19)28-16)33(31,32)29-21-11-13-25(14-12-21,24(27)30)17(2)18-5-8-20(26)9-6-18/h5-10,15-17,21,28-29H,3-4,11-14H2,1-2H3,(H2,27,30)/t16?,17-,21?,25?/m1/s1. The van der Waals surface area contributed by atoms with Gasteiger partial charge in [0.25, 0.3) is 0 Å². The van der Waals surface area contributed by atoms with Crippen LogP contribution in [0.2, 0.25) is 0 Å². The first-order valence-electron chi connectivity index (χ1n) is 11.6.